The average Bonchev–Trinajstić information content (AvgIpc) is 2.57. The number of hydrogen-bond donors (Lipinski definition) is 0. The van der Waals surface area contributed by atoms with Gasteiger partial charge < -0.3 is 9.47 Å². The maximum Gasteiger partial charge on any atom is 0.308 e. The summed E-state index contributed by atoms with van der Waals surface area (Å²) < 4.78 is 10.3. The number of rotatable bonds is 3. The Kier molecular flexibility index (Phi) is 5.16. The maximum absolute atomic E-state index is 11.4. The fourth-order valence-corrected chi connectivity index (χ4v) is 3.19. The van der Waals surface area contributed by atoms with Gasteiger partial charge in [-0.25, -0.2) is 0 Å². The number of pyridine rings is 1. The van der Waals surface area contributed by atoms with E-state index in [0.29, 0.717) is 0 Å². The summed E-state index contributed by atoms with van der Waals surface area (Å²) in [6.07, 6.45) is 6.94. The van der Waals surface area contributed by atoms with E-state index in [1.54, 1.807) is 12.1 Å². The van der Waals surface area contributed by atoms with Gasteiger partial charge in [0.15, 0.2) is 11.5 Å². The fourth-order valence-electron chi connectivity index (χ4n) is 3.19. The molecule has 5 nitrogen and oxygen atoms in total. The average molecular weight is 351 g/mol. The number of benzene rings is 1. The van der Waals surface area contributed by atoms with Crippen molar-refractivity contribution in [3.63, 3.8) is 0 Å². The fraction of sp³-hybridized carbons (Fsp3) is 0.286. The second-order valence-corrected chi connectivity index (χ2v) is 6.37. The highest BCUT2D eigenvalue weighted by molar-refractivity contribution is 5.83. The van der Waals surface area contributed by atoms with Crippen LogP contribution < -0.4 is 9.47 Å². The molecule has 0 radical (unpaired) electrons. The zero-order valence-corrected chi connectivity index (χ0v) is 15.2. The van der Waals surface area contributed by atoms with Crippen LogP contribution in [0.5, 0.6) is 11.5 Å². The molecule has 1 aromatic carbocycles. The van der Waals surface area contributed by atoms with Gasteiger partial charge in [0.2, 0.25) is 0 Å². The highest BCUT2D eigenvalue weighted by Crippen LogP contribution is 2.34. The molecule has 1 heterocycles. The first kappa shape index (κ1) is 17.9. The standard InChI is InChI=1S/C21H21NO4/c1-13-9-10-22-21-17(5-4-6-18(13)21)11-16-7-8-19(25-14(2)23)20(12-16)26-15(3)24/h7-12H,4-6H2,1-3H3/b17-11+. The Labute approximate surface area is 152 Å². The van der Waals surface area contributed by atoms with E-state index in [-0.39, 0.29) is 11.5 Å². The van der Waals surface area contributed by atoms with Crippen LogP contribution in [0.15, 0.2) is 30.5 Å². The van der Waals surface area contributed by atoms with Crippen LogP contribution >= 0.6 is 0 Å². The van der Waals surface area contributed by atoms with Crippen molar-refractivity contribution in [3.05, 3.63) is 52.8 Å². The Morgan fingerprint density at radius 3 is 2.50 bits per heavy atom. The summed E-state index contributed by atoms with van der Waals surface area (Å²) in [6.45, 7) is 4.73. The molecule has 5 heteroatoms. The number of allylic oxidation sites excluding steroid dienone is 1. The maximum atomic E-state index is 11.4. The van der Waals surface area contributed by atoms with Crippen LogP contribution in [0.4, 0.5) is 0 Å². The molecule has 134 valence electrons. The van der Waals surface area contributed by atoms with Crippen LogP contribution in [0, 0.1) is 6.92 Å². The number of hydrogen-bond acceptors (Lipinski definition) is 5. The van der Waals surface area contributed by atoms with Crippen molar-refractivity contribution in [2.24, 2.45) is 0 Å². The van der Waals surface area contributed by atoms with E-state index in [1.165, 1.54) is 25.0 Å². The van der Waals surface area contributed by atoms with Crippen molar-refractivity contribution in [2.75, 3.05) is 0 Å². The molecule has 0 spiro atoms. The molecule has 3 rings (SSSR count). The summed E-state index contributed by atoms with van der Waals surface area (Å²) in [6, 6.07) is 7.22. The molecule has 0 saturated heterocycles. The Morgan fingerprint density at radius 2 is 1.77 bits per heavy atom. The Balaban J connectivity index is 2.00. The third-order valence-corrected chi connectivity index (χ3v) is 4.28. The molecular weight excluding hydrogens is 330 g/mol. The number of carbonyl (C=O) groups is 2. The Bertz CT molecular complexity index is 899. The van der Waals surface area contributed by atoms with E-state index in [4.69, 9.17) is 9.47 Å². The molecule has 0 fully saturated rings. The predicted octanol–water partition coefficient (Wildman–Crippen LogP) is 4.12. The molecule has 1 aliphatic rings. The minimum atomic E-state index is -0.469. The van der Waals surface area contributed by atoms with Gasteiger partial charge in [-0.15, -0.1) is 0 Å². The molecule has 0 bridgehead atoms. The summed E-state index contributed by atoms with van der Waals surface area (Å²) >= 11 is 0. The second-order valence-electron chi connectivity index (χ2n) is 6.37. The van der Waals surface area contributed by atoms with Gasteiger partial charge in [-0.05, 0) is 72.7 Å². The van der Waals surface area contributed by atoms with Crippen LogP contribution in [0.1, 0.15) is 49.1 Å². The van der Waals surface area contributed by atoms with Gasteiger partial charge in [0.25, 0.3) is 0 Å². The molecule has 2 aromatic rings. The molecule has 0 amide bonds. The van der Waals surface area contributed by atoms with E-state index in [2.05, 4.69) is 18.0 Å². The molecule has 1 aromatic heterocycles. The van der Waals surface area contributed by atoms with E-state index in [0.717, 1.165) is 36.1 Å². The number of aryl methyl sites for hydroxylation is 1. The van der Waals surface area contributed by atoms with Crippen LogP contribution in [-0.2, 0) is 16.0 Å². The normalized spacial score (nSPS) is 14.7. The molecule has 1 aliphatic carbocycles. The van der Waals surface area contributed by atoms with E-state index in [9.17, 15) is 9.59 Å². The van der Waals surface area contributed by atoms with Gasteiger partial charge in [0.05, 0.1) is 5.69 Å². The lowest BCUT2D eigenvalue weighted by molar-refractivity contribution is -0.134. The van der Waals surface area contributed by atoms with Crippen LogP contribution in [-0.4, -0.2) is 16.9 Å². The Morgan fingerprint density at radius 1 is 1.04 bits per heavy atom. The third kappa shape index (κ3) is 3.99. The quantitative estimate of drug-likeness (QED) is 0.615. The number of fused-ring (bicyclic) bond motifs is 1. The van der Waals surface area contributed by atoms with Crippen LogP contribution in [0.25, 0.3) is 11.6 Å². The van der Waals surface area contributed by atoms with Crippen LogP contribution in [0.3, 0.4) is 0 Å². The summed E-state index contributed by atoms with van der Waals surface area (Å²) in [4.78, 5) is 27.2. The number of aromatic nitrogens is 1. The van der Waals surface area contributed by atoms with Crippen molar-refractivity contribution in [2.45, 2.75) is 40.0 Å². The summed E-state index contributed by atoms with van der Waals surface area (Å²) in [5.74, 6) is -0.475. The molecule has 0 atom stereocenters. The number of esters is 2. The minimum Gasteiger partial charge on any atom is -0.423 e. The van der Waals surface area contributed by atoms with Gasteiger partial charge in [0, 0.05) is 20.0 Å². The number of nitrogens with zero attached hydrogens (tertiary/aromatic N) is 1. The highest BCUT2D eigenvalue weighted by atomic mass is 16.6. The summed E-state index contributed by atoms with van der Waals surface area (Å²) in [7, 11) is 0. The van der Waals surface area contributed by atoms with Crippen LogP contribution in [0.2, 0.25) is 0 Å². The van der Waals surface area contributed by atoms with E-state index in [1.807, 2.05) is 18.3 Å². The largest absolute Gasteiger partial charge is 0.423 e. The van der Waals surface area contributed by atoms with Crippen molar-refractivity contribution in [1.82, 2.24) is 4.98 Å². The van der Waals surface area contributed by atoms with Crippen molar-refractivity contribution in [1.29, 1.82) is 0 Å². The Hall–Kier alpha value is -2.95. The summed E-state index contributed by atoms with van der Waals surface area (Å²) in [5, 5.41) is 0. The lowest BCUT2D eigenvalue weighted by Gasteiger charge is -2.20. The second kappa shape index (κ2) is 7.52. The van der Waals surface area contributed by atoms with Gasteiger partial charge in [-0.2, -0.15) is 0 Å². The highest BCUT2D eigenvalue weighted by Gasteiger charge is 2.17. The van der Waals surface area contributed by atoms with Crippen molar-refractivity contribution < 1.29 is 19.1 Å². The first-order valence-corrected chi connectivity index (χ1v) is 8.60. The van der Waals surface area contributed by atoms with Crippen molar-refractivity contribution in [3.8, 4) is 11.5 Å². The molecule has 26 heavy (non-hydrogen) atoms. The van der Waals surface area contributed by atoms with Crippen molar-refractivity contribution >= 4 is 23.6 Å². The topological polar surface area (TPSA) is 65.5 Å². The molecular formula is C21H21NO4. The lowest BCUT2D eigenvalue weighted by Crippen LogP contribution is -2.07. The molecule has 0 aliphatic heterocycles. The zero-order chi connectivity index (χ0) is 18.7. The zero-order valence-electron chi connectivity index (χ0n) is 15.2. The van der Waals surface area contributed by atoms with Gasteiger partial charge >= 0.3 is 11.9 Å². The van der Waals surface area contributed by atoms with Gasteiger partial charge in [-0.1, -0.05) is 6.07 Å². The van der Waals surface area contributed by atoms with E-state index < -0.39 is 11.9 Å². The molecule has 0 unspecified atom stereocenters. The lowest BCUT2D eigenvalue weighted by atomic mass is 9.88. The third-order valence-electron chi connectivity index (χ3n) is 4.28. The number of ether oxygens (including phenoxy) is 2. The molecule has 0 saturated carbocycles. The molecule has 0 N–H and O–H groups in total. The van der Waals surface area contributed by atoms with Gasteiger partial charge in [-0.3, -0.25) is 14.6 Å². The SMILES string of the molecule is CC(=O)Oc1ccc(/C=C2\CCCc3c(C)ccnc32)cc1OC(C)=O. The monoisotopic (exact) mass is 351 g/mol. The smallest absolute Gasteiger partial charge is 0.308 e. The predicted molar refractivity (Wildman–Crippen MR) is 98.8 cm³/mol. The summed E-state index contributed by atoms with van der Waals surface area (Å²) in [5.41, 5.74) is 5.61. The number of carbonyl (C=O) groups excluding carboxylic acids is 2. The van der Waals surface area contributed by atoms with E-state index >= 15 is 0 Å². The van der Waals surface area contributed by atoms with Gasteiger partial charge in [0.1, 0.15) is 0 Å². The first-order valence-electron chi connectivity index (χ1n) is 8.60. The minimum absolute atomic E-state index is 0.230. The first-order chi connectivity index (χ1) is 12.4.